The minimum Gasteiger partial charge on any atom is -0.291 e. The first-order chi connectivity index (χ1) is 11.7. The van der Waals surface area contributed by atoms with E-state index in [-0.39, 0.29) is 14.9 Å². The molecule has 0 aromatic heterocycles. The van der Waals surface area contributed by atoms with Gasteiger partial charge in [-0.15, -0.1) is 0 Å². The molecular weight excluding hydrogens is 383 g/mol. The average molecular weight is 401 g/mol. The number of carbonyl (C=O) groups excluding carboxylic acids is 1. The second-order valence-electron chi connectivity index (χ2n) is 5.62. The zero-order valence-corrected chi connectivity index (χ0v) is 16.1. The Bertz CT molecular complexity index is 857. The van der Waals surface area contributed by atoms with Crippen molar-refractivity contribution in [2.45, 2.75) is 24.4 Å². The summed E-state index contributed by atoms with van der Waals surface area (Å²) in [4.78, 5) is 13.9. The molecule has 25 heavy (non-hydrogen) atoms. The molecule has 134 valence electrons. The molecule has 0 heterocycles. The number of hydrogen-bond donors (Lipinski definition) is 1. The topological polar surface area (TPSA) is 66.5 Å². The van der Waals surface area contributed by atoms with Gasteiger partial charge in [-0.2, -0.15) is 0 Å². The molecule has 1 amide bonds. The normalized spacial score (nSPS) is 12.8. The van der Waals surface area contributed by atoms with Gasteiger partial charge >= 0.3 is 0 Å². The molecule has 8 heteroatoms. The van der Waals surface area contributed by atoms with Crippen molar-refractivity contribution in [2.75, 3.05) is 7.05 Å². The van der Waals surface area contributed by atoms with Crippen LogP contribution in [0, 0.1) is 0 Å². The number of hydrogen-bond acceptors (Lipinski definition) is 4. The summed E-state index contributed by atoms with van der Waals surface area (Å²) >= 11 is 11.7. The quantitative estimate of drug-likeness (QED) is 0.807. The predicted molar refractivity (Wildman–Crippen MR) is 99.2 cm³/mol. The molecule has 2 aromatic carbocycles. The largest absolute Gasteiger partial charge is 0.291 e. The van der Waals surface area contributed by atoms with Crippen molar-refractivity contribution in [3.05, 3.63) is 64.1 Å². The lowest BCUT2D eigenvalue weighted by molar-refractivity contribution is -0.123. The van der Waals surface area contributed by atoms with Crippen molar-refractivity contribution in [1.29, 1.82) is 0 Å². The summed E-state index contributed by atoms with van der Waals surface area (Å²) in [6.07, 6.45) is 0. The second-order valence-corrected chi connectivity index (χ2v) is 8.12. The molecule has 1 atom stereocenters. The smallest absolute Gasteiger partial charge is 0.265 e. The van der Waals surface area contributed by atoms with Crippen LogP contribution in [0.2, 0.25) is 10.0 Å². The molecule has 0 bridgehead atoms. The number of halogens is 2. The lowest BCUT2D eigenvalue weighted by Gasteiger charge is -2.24. The second kappa shape index (κ2) is 8.19. The molecule has 1 N–H and O–H groups in total. The Balaban J connectivity index is 2.10. The maximum atomic E-state index is 12.4. The highest BCUT2D eigenvalue weighted by atomic mass is 35.5. The molecule has 0 spiro atoms. The standard InChI is InChI=1S/C17H18Cl2N2O3S/c1-12(21(2)11-13-6-4-3-5-7-13)17(22)20-25(23,24)16-10-14(18)8-9-15(16)19/h3-10,12H,11H2,1-2H3,(H,20,22)/t12-/m0/s1. The Morgan fingerprint density at radius 3 is 2.44 bits per heavy atom. The minimum absolute atomic E-state index is 0.00464. The van der Waals surface area contributed by atoms with Crippen LogP contribution in [0.4, 0.5) is 0 Å². The van der Waals surface area contributed by atoms with Crippen molar-refractivity contribution in [3.8, 4) is 0 Å². The zero-order chi connectivity index (χ0) is 18.6. The summed E-state index contributed by atoms with van der Waals surface area (Å²) in [5.74, 6) is -0.644. The van der Waals surface area contributed by atoms with E-state index in [0.717, 1.165) is 5.56 Å². The fourth-order valence-electron chi connectivity index (χ4n) is 2.16. The summed E-state index contributed by atoms with van der Waals surface area (Å²) in [5.41, 5.74) is 1.02. The van der Waals surface area contributed by atoms with Gasteiger partial charge in [0, 0.05) is 11.6 Å². The number of amides is 1. The van der Waals surface area contributed by atoms with E-state index < -0.39 is 22.0 Å². The van der Waals surface area contributed by atoms with Gasteiger partial charge in [0.1, 0.15) is 4.90 Å². The third-order valence-electron chi connectivity index (χ3n) is 3.73. The first-order valence-corrected chi connectivity index (χ1v) is 9.70. The molecule has 2 rings (SSSR count). The van der Waals surface area contributed by atoms with E-state index in [2.05, 4.69) is 4.72 Å². The van der Waals surface area contributed by atoms with Crippen LogP contribution in [0.25, 0.3) is 0 Å². The molecule has 0 saturated heterocycles. The van der Waals surface area contributed by atoms with Crippen LogP contribution >= 0.6 is 23.2 Å². The van der Waals surface area contributed by atoms with Crippen molar-refractivity contribution < 1.29 is 13.2 Å². The SMILES string of the molecule is C[C@@H](C(=O)NS(=O)(=O)c1cc(Cl)ccc1Cl)N(C)Cc1ccccc1. The highest BCUT2D eigenvalue weighted by molar-refractivity contribution is 7.90. The molecule has 0 aliphatic rings. The maximum Gasteiger partial charge on any atom is 0.265 e. The van der Waals surface area contributed by atoms with Crippen LogP contribution in [0.15, 0.2) is 53.4 Å². The predicted octanol–water partition coefficient (Wildman–Crippen LogP) is 3.32. The highest BCUT2D eigenvalue weighted by Gasteiger charge is 2.26. The fraction of sp³-hybridized carbons (Fsp3) is 0.235. The summed E-state index contributed by atoms with van der Waals surface area (Å²) in [6, 6.07) is 13.0. The van der Waals surface area contributed by atoms with Gasteiger partial charge in [-0.25, -0.2) is 13.1 Å². The maximum absolute atomic E-state index is 12.4. The number of sulfonamides is 1. The van der Waals surface area contributed by atoms with Crippen LogP contribution in [-0.4, -0.2) is 32.3 Å². The van der Waals surface area contributed by atoms with Crippen LogP contribution in [0.5, 0.6) is 0 Å². The van der Waals surface area contributed by atoms with E-state index in [1.165, 1.54) is 18.2 Å². The van der Waals surface area contributed by atoms with Crippen molar-refractivity contribution in [3.63, 3.8) is 0 Å². The third kappa shape index (κ3) is 5.19. The number of rotatable bonds is 6. The molecule has 0 aliphatic carbocycles. The van der Waals surface area contributed by atoms with Gasteiger partial charge in [0.25, 0.3) is 15.9 Å². The van der Waals surface area contributed by atoms with Gasteiger partial charge in [0.05, 0.1) is 11.1 Å². The van der Waals surface area contributed by atoms with Crippen molar-refractivity contribution in [2.24, 2.45) is 0 Å². The third-order valence-corrected chi connectivity index (χ3v) is 5.80. The van der Waals surface area contributed by atoms with Crippen LogP contribution < -0.4 is 4.72 Å². The number of benzene rings is 2. The monoisotopic (exact) mass is 400 g/mol. The van der Waals surface area contributed by atoms with E-state index in [1.54, 1.807) is 18.9 Å². The minimum atomic E-state index is -4.11. The summed E-state index contributed by atoms with van der Waals surface area (Å²) in [6.45, 7) is 2.14. The number of carbonyl (C=O) groups is 1. The molecular formula is C17H18Cl2N2O3S. The van der Waals surface area contributed by atoms with Crippen LogP contribution in [0.1, 0.15) is 12.5 Å². The Morgan fingerprint density at radius 1 is 1.16 bits per heavy atom. The summed E-state index contributed by atoms with van der Waals surface area (Å²) in [5, 5.41) is 0.210. The van der Waals surface area contributed by atoms with Gasteiger partial charge in [0.15, 0.2) is 0 Å². The Labute approximate surface area is 157 Å². The molecule has 0 fully saturated rings. The van der Waals surface area contributed by atoms with Gasteiger partial charge in [-0.1, -0.05) is 53.5 Å². The molecule has 0 saturated carbocycles. The van der Waals surface area contributed by atoms with E-state index >= 15 is 0 Å². The lowest BCUT2D eigenvalue weighted by Crippen LogP contribution is -2.45. The zero-order valence-electron chi connectivity index (χ0n) is 13.7. The summed E-state index contributed by atoms with van der Waals surface area (Å²) < 4.78 is 26.9. The Kier molecular flexibility index (Phi) is 6.46. The molecule has 0 unspecified atom stereocenters. The molecule has 0 aliphatic heterocycles. The van der Waals surface area contributed by atoms with Crippen LogP contribution in [0.3, 0.4) is 0 Å². The summed E-state index contributed by atoms with van der Waals surface area (Å²) in [7, 11) is -2.36. The van der Waals surface area contributed by atoms with Crippen molar-refractivity contribution >= 4 is 39.1 Å². The van der Waals surface area contributed by atoms with Gasteiger partial charge < -0.3 is 0 Å². The number of likely N-dealkylation sites (N-methyl/N-ethyl adjacent to an activating group) is 1. The van der Waals surface area contributed by atoms with Crippen LogP contribution in [-0.2, 0) is 21.4 Å². The number of nitrogens with one attached hydrogen (secondary N) is 1. The molecule has 2 aromatic rings. The van der Waals surface area contributed by atoms with E-state index in [4.69, 9.17) is 23.2 Å². The Hall–Kier alpha value is -1.60. The van der Waals surface area contributed by atoms with Gasteiger partial charge in [-0.05, 0) is 37.7 Å². The van der Waals surface area contributed by atoms with Gasteiger partial charge in [-0.3, -0.25) is 9.69 Å². The molecule has 0 radical (unpaired) electrons. The van der Waals surface area contributed by atoms with E-state index in [0.29, 0.717) is 6.54 Å². The number of nitrogens with zero attached hydrogens (tertiary/aromatic N) is 1. The highest BCUT2D eigenvalue weighted by Crippen LogP contribution is 2.24. The van der Waals surface area contributed by atoms with Crippen molar-refractivity contribution in [1.82, 2.24) is 9.62 Å². The van der Waals surface area contributed by atoms with E-state index in [1.807, 2.05) is 30.3 Å². The Morgan fingerprint density at radius 2 is 1.80 bits per heavy atom. The first kappa shape index (κ1) is 19.7. The molecule has 5 nitrogen and oxygen atoms in total. The van der Waals surface area contributed by atoms with E-state index in [9.17, 15) is 13.2 Å². The van der Waals surface area contributed by atoms with Gasteiger partial charge in [0.2, 0.25) is 0 Å². The lowest BCUT2D eigenvalue weighted by atomic mass is 10.2. The average Bonchev–Trinajstić information content (AvgIpc) is 2.56. The first-order valence-electron chi connectivity index (χ1n) is 7.46. The fourth-order valence-corrected chi connectivity index (χ4v) is 3.98.